The molecule has 0 aliphatic carbocycles. The van der Waals surface area contributed by atoms with Crippen molar-refractivity contribution in [3.63, 3.8) is 0 Å². The van der Waals surface area contributed by atoms with Crippen molar-refractivity contribution in [1.29, 1.82) is 0 Å². The Hall–Kier alpha value is -0.970. The molecule has 0 bridgehead atoms. The van der Waals surface area contributed by atoms with Gasteiger partial charge in [0.2, 0.25) is 5.88 Å². The number of benzene rings is 1. The molecule has 84 valence electrons. The Bertz CT molecular complexity index is 531. The van der Waals surface area contributed by atoms with E-state index in [4.69, 9.17) is 10.7 Å². The van der Waals surface area contributed by atoms with Gasteiger partial charge < -0.3 is 9.66 Å². The molecule has 1 aromatic heterocycles. The van der Waals surface area contributed by atoms with Gasteiger partial charge in [-0.2, -0.15) is 0 Å². The van der Waals surface area contributed by atoms with Crippen LogP contribution in [0, 0.1) is 0 Å². The number of aromatic hydroxyl groups is 1. The molecule has 1 atom stereocenters. The topological polar surface area (TPSA) is 56.2 Å². The molecule has 0 amide bonds. The molecule has 0 radical (unpaired) electrons. The van der Waals surface area contributed by atoms with Gasteiger partial charge in [-0.3, -0.25) is 0 Å². The molecule has 0 saturated carbocycles. The average molecular weight is 256 g/mol. The lowest BCUT2D eigenvalue weighted by molar-refractivity contribution is 0.460. The largest absolute Gasteiger partial charge is 0.594 e. The van der Waals surface area contributed by atoms with E-state index in [2.05, 4.69) is 4.98 Å². The first kappa shape index (κ1) is 11.5. The van der Waals surface area contributed by atoms with E-state index in [-0.39, 0.29) is 5.88 Å². The number of aryl methyl sites for hydroxylation is 1. The molecule has 1 unspecified atom stereocenters. The van der Waals surface area contributed by atoms with Crippen LogP contribution in [-0.2, 0) is 16.8 Å². The number of hydrogen-bond donors (Lipinski definition) is 1. The Morgan fingerprint density at radius 3 is 2.88 bits per heavy atom. The van der Waals surface area contributed by atoms with Crippen LogP contribution in [0.2, 0.25) is 0 Å². The van der Waals surface area contributed by atoms with Crippen molar-refractivity contribution >= 4 is 31.8 Å². The first-order chi connectivity index (χ1) is 7.65. The molecule has 0 saturated heterocycles. The summed E-state index contributed by atoms with van der Waals surface area (Å²) in [6.07, 6.45) is 2.33. The van der Waals surface area contributed by atoms with Crippen molar-refractivity contribution in [3.8, 4) is 5.88 Å². The minimum absolute atomic E-state index is 0.0591. The summed E-state index contributed by atoms with van der Waals surface area (Å²) < 4.78 is 11.4. The van der Waals surface area contributed by atoms with E-state index in [1.807, 2.05) is 6.92 Å². The highest BCUT2D eigenvalue weighted by Crippen LogP contribution is 2.32. The lowest BCUT2D eigenvalue weighted by Crippen LogP contribution is -1.96. The Kier molecular flexibility index (Phi) is 3.23. The lowest BCUT2D eigenvalue weighted by atomic mass is 10.1. The molecule has 3 nitrogen and oxygen atoms in total. The van der Waals surface area contributed by atoms with Crippen LogP contribution in [0.1, 0.15) is 12.5 Å². The summed E-state index contributed by atoms with van der Waals surface area (Å²) >= 11 is 0. The first-order valence-corrected chi connectivity index (χ1v) is 6.80. The predicted molar refractivity (Wildman–Crippen MR) is 65.0 cm³/mol. The smallest absolute Gasteiger partial charge is 0.219 e. The number of hydrogen-bond acceptors (Lipinski definition) is 3. The molecule has 0 fully saturated rings. The maximum atomic E-state index is 11.4. The summed E-state index contributed by atoms with van der Waals surface area (Å²) in [5.74, 6) is -0.0591. The quantitative estimate of drug-likeness (QED) is 0.840. The van der Waals surface area contributed by atoms with Crippen molar-refractivity contribution in [2.45, 2.75) is 18.2 Å². The van der Waals surface area contributed by atoms with E-state index in [0.717, 1.165) is 17.4 Å². The van der Waals surface area contributed by atoms with Gasteiger partial charge in [-0.1, -0.05) is 13.0 Å². The van der Waals surface area contributed by atoms with Crippen molar-refractivity contribution in [1.82, 2.24) is 4.98 Å². The van der Waals surface area contributed by atoms with Gasteiger partial charge in [0, 0.05) is 17.0 Å². The molecular formula is C11H10ClNO2S. The number of nitrogens with zero attached hydrogens (tertiary/aromatic N) is 1. The van der Waals surface area contributed by atoms with Gasteiger partial charge in [-0.05, 0) is 24.1 Å². The van der Waals surface area contributed by atoms with E-state index in [9.17, 15) is 9.66 Å². The summed E-state index contributed by atoms with van der Waals surface area (Å²) in [4.78, 5) is 4.41. The molecule has 5 heteroatoms. The van der Waals surface area contributed by atoms with Crippen molar-refractivity contribution in [2.75, 3.05) is 0 Å². The SMILES string of the molecule is CCc1cnc(O)c2cccc([S+]([O-])Cl)c12. The van der Waals surface area contributed by atoms with Crippen LogP contribution < -0.4 is 0 Å². The number of halogens is 1. The van der Waals surface area contributed by atoms with Crippen LogP contribution >= 0.6 is 10.7 Å². The Morgan fingerprint density at radius 2 is 2.25 bits per heavy atom. The van der Waals surface area contributed by atoms with Gasteiger partial charge in [0.1, 0.15) is 10.4 Å². The standard InChI is InChI=1S/C11H10ClNO2S/c1-2-7-6-13-11(14)8-4-3-5-9(10(7)8)16(12)15/h3-6H,2H2,1H3,(H,13,14). The van der Waals surface area contributed by atoms with Crippen LogP contribution in [0.25, 0.3) is 10.8 Å². The zero-order valence-corrected chi connectivity index (χ0v) is 10.2. The second kappa shape index (κ2) is 4.49. The fraction of sp³-hybridized carbons (Fsp3) is 0.182. The molecule has 2 rings (SSSR count). The highest BCUT2D eigenvalue weighted by molar-refractivity contribution is 8.14. The molecule has 1 heterocycles. The van der Waals surface area contributed by atoms with Crippen LogP contribution in [0.3, 0.4) is 0 Å². The zero-order chi connectivity index (χ0) is 11.7. The number of rotatable bonds is 2. The minimum Gasteiger partial charge on any atom is -0.594 e. The molecule has 0 spiro atoms. The Morgan fingerprint density at radius 1 is 1.50 bits per heavy atom. The molecule has 0 aliphatic heterocycles. The molecule has 16 heavy (non-hydrogen) atoms. The van der Waals surface area contributed by atoms with Crippen molar-refractivity contribution in [3.05, 3.63) is 30.0 Å². The van der Waals surface area contributed by atoms with Gasteiger partial charge in [0.15, 0.2) is 15.6 Å². The minimum atomic E-state index is -1.59. The fourth-order valence-electron chi connectivity index (χ4n) is 1.72. The Labute approximate surface area is 101 Å². The highest BCUT2D eigenvalue weighted by Gasteiger charge is 2.17. The number of fused-ring (bicyclic) bond motifs is 1. The van der Waals surface area contributed by atoms with Crippen LogP contribution in [-0.4, -0.2) is 14.6 Å². The van der Waals surface area contributed by atoms with Crippen LogP contribution in [0.15, 0.2) is 29.3 Å². The number of pyridine rings is 1. The molecule has 2 aromatic rings. The third-order valence-corrected chi connectivity index (χ3v) is 3.67. The summed E-state index contributed by atoms with van der Waals surface area (Å²) in [6, 6.07) is 5.15. The molecular weight excluding hydrogens is 246 g/mol. The summed E-state index contributed by atoms with van der Waals surface area (Å²) in [6.45, 7) is 1.97. The summed E-state index contributed by atoms with van der Waals surface area (Å²) in [7, 11) is 4.04. The lowest BCUT2D eigenvalue weighted by Gasteiger charge is -2.09. The average Bonchev–Trinajstić information content (AvgIpc) is 2.29. The van der Waals surface area contributed by atoms with Gasteiger partial charge in [0.05, 0.1) is 0 Å². The van der Waals surface area contributed by atoms with E-state index in [0.29, 0.717) is 10.3 Å². The Balaban J connectivity index is 2.88. The van der Waals surface area contributed by atoms with E-state index < -0.39 is 10.4 Å². The molecule has 1 N–H and O–H groups in total. The molecule has 0 aliphatic rings. The van der Waals surface area contributed by atoms with E-state index in [1.54, 1.807) is 24.4 Å². The van der Waals surface area contributed by atoms with Crippen LogP contribution in [0.5, 0.6) is 5.88 Å². The normalized spacial score (nSPS) is 12.9. The maximum absolute atomic E-state index is 11.4. The third-order valence-electron chi connectivity index (χ3n) is 2.48. The first-order valence-electron chi connectivity index (χ1n) is 4.82. The summed E-state index contributed by atoms with van der Waals surface area (Å²) in [5.41, 5.74) is 0.928. The predicted octanol–water partition coefficient (Wildman–Crippen LogP) is 2.76. The van der Waals surface area contributed by atoms with E-state index >= 15 is 0 Å². The molecule has 1 aromatic carbocycles. The van der Waals surface area contributed by atoms with Crippen LogP contribution in [0.4, 0.5) is 0 Å². The van der Waals surface area contributed by atoms with Crippen molar-refractivity contribution in [2.24, 2.45) is 0 Å². The van der Waals surface area contributed by atoms with Gasteiger partial charge in [-0.25, -0.2) is 4.98 Å². The highest BCUT2D eigenvalue weighted by atomic mass is 35.7. The second-order valence-corrected chi connectivity index (χ2v) is 5.09. The maximum Gasteiger partial charge on any atom is 0.219 e. The second-order valence-electron chi connectivity index (χ2n) is 3.36. The van der Waals surface area contributed by atoms with Gasteiger partial charge in [-0.15, -0.1) is 0 Å². The van der Waals surface area contributed by atoms with E-state index in [1.165, 1.54) is 0 Å². The monoisotopic (exact) mass is 255 g/mol. The zero-order valence-electron chi connectivity index (χ0n) is 8.61. The van der Waals surface area contributed by atoms with Crippen molar-refractivity contribution < 1.29 is 9.66 Å². The van der Waals surface area contributed by atoms with Gasteiger partial charge >= 0.3 is 0 Å². The van der Waals surface area contributed by atoms with Gasteiger partial charge in [0.25, 0.3) is 0 Å². The third kappa shape index (κ3) is 1.84. The number of aromatic nitrogens is 1. The fourth-order valence-corrected chi connectivity index (χ4v) is 2.70. The summed E-state index contributed by atoms with van der Waals surface area (Å²) in [5, 5.41) is 11.0.